The topological polar surface area (TPSA) is 116 Å². The van der Waals surface area contributed by atoms with Crippen LogP contribution in [-0.4, -0.2) is 42.5 Å². The second-order valence-corrected chi connectivity index (χ2v) is 7.41. The van der Waals surface area contributed by atoms with Crippen LogP contribution < -0.4 is 16.0 Å². The van der Waals surface area contributed by atoms with Gasteiger partial charge in [-0.15, -0.1) is 0 Å². The highest BCUT2D eigenvalue weighted by Gasteiger charge is 2.22. The van der Waals surface area contributed by atoms with Gasteiger partial charge in [0.2, 0.25) is 0 Å². The summed E-state index contributed by atoms with van der Waals surface area (Å²) >= 11 is 0.931. The second kappa shape index (κ2) is 7.47. The number of carbonyl (C=O) groups is 1. The first-order chi connectivity index (χ1) is 13.2. The number of benzene rings is 1. The van der Waals surface area contributed by atoms with Crippen LogP contribution in [0, 0.1) is 0 Å². The van der Waals surface area contributed by atoms with Gasteiger partial charge >= 0.3 is 11.7 Å². The lowest BCUT2D eigenvalue weighted by Gasteiger charge is -2.13. The van der Waals surface area contributed by atoms with Gasteiger partial charge in [-0.25, -0.2) is 14.8 Å². The molecule has 0 aliphatic carbocycles. The summed E-state index contributed by atoms with van der Waals surface area (Å²) < 4.78 is 7.35. The Hall–Kier alpha value is -3.14. The lowest BCUT2D eigenvalue weighted by molar-refractivity contribution is -0.136. The van der Waals surface area contributed by atoms with Gasteiger partial charge in [-0.1, -0.05) is 11.8 Å². The van der Waals surface area contributed by atoms with E-state index in [1.165, 1.54) is 25.6 Å². The van der Waals surface area contributed by atoms with Crippen molar-refractivity contribution in [2.75, 3.05) is 7.11 Å². The molecule has 0 bridgehead atoms. The molecule has 1 atom stereocenters. The molecule has 0 aliphatic heterocycles. The van der Waals surface area contributed by atoms with Crippen molar-refractivity contribution in [2.24, 2.45) is 14.1 Å². The molecule has 0 amide bonds. The third-order valence-corrected chi connectivity index (χ3v) is 5.33. The number of hydrogen-bond acceptors (Lipinski definition) is 7. The zero-order chi connectivity index (χ0) is 20.6. The normalized spacial score (nSPS) is 12.1. The number of nitrogens with zero attached hydrogens (tertiary/aromatic N) is 4. The number of methoxy groups -OCH3 is 1. The number of fused-ring (bicyclic) bond motifs is 1. The van der Waals surface area contributed by atoms with Crippen LogP contribution in [0.2, 0.25) is 0 Å². The fraction of sp³-hybridized carbons (Fsp3) is 0.278. The maximum absolute atomic E-state index is 12.7. The summed E-state index contributed by atoms with van der Waals surface area (Å²) in [6.07, 6.45) is 0. The Balaban J connectivity index is 2.34. The molecule has 3 aromatic rings. The van der Waals surface area contributed by atoms with Gasteiger partial charge in [0.1, 0.15) is 21.4 Å². The van der Waals surface area contributed by atoms with Crippen molar-refractivity contribution in [1.82, 2.24) is 19.1 Å². The van der Waals surface area contributed by atoms with E-state index in [1.807, 2.05) is 0 Å². The van der Waals surface area contributed by atoms with Gasteiger partial charge in [-0.2, -0.15) is 0 Å². The third kappa shape index (κ3) is 3.38. The van der Waals surface area contributed by atoms with Crippen molar-refractivity contribution in [3.8, 4) is 17.1 Å². The second-order valence-electron chi connectivity index (χ2n) is 6.08. The highest BCUT2D eigenvalue weighted by atomic mass is 32.2. The van der Waals surface area contributed by atoms with Crippen molar-refractivity contribution >= 4 is 28.8 Å². The Bertz CT molecular complexity index is 1180. The Morgan fingerprint density at radius 3 is 2.36 bits per heavy atom. The molecule has 0 saturated carbocycles. The smallest absolute Gasteiger partial charge is 0.332 e. The molecule has 0 saturated heterocycles. The predicted octanol–water partition coefficient (Wildman–Crippen LogP) is 1.27. The van der Waals surface area contributed by atoms with Crippen LogP contribution in [0.3, 0.4) is 0 Å². The zero-order valence-electron chi connectivity index (χ0n) is 15.7. The van der Waals surface area contributed by atoms with Gasteiger partial charge in [0, 0.05) is 19.7 Å². The molecule has 1 N–H and O–H groups in total. The van der Waals surface area contributed by atoms with Crippen LogP contribution in [0.25, 0.3) is 22.4 Å². The number of carboxylic acids is 1. The van der Waals surface area contributed by atoms with E-state index >= 15 is 0 Å². The minimum Gasteiger partial charge on any atom is -0.497 e. The zero-order valence-corrected chi connectivity index (χ0v) is 16.5. The van der Waals surface area contributed by atoms with E-state index in [0.29, 0.717) is 11.3 Å². The third-order valence-electron chi connectivity index (χ3n) is 4.25. The van der Waals surface area contributed by atoms with Crippen molar-refractivity contribution in [3.05, 3.63) is 45.1 Å². The quantitative estimate of drug-likeness (QED) is 0.501. The molecular formula is C18H18N4O5S. The highest BCUT2D eigenvalue weighted by Crippen LogP contribution is 2.29. The fourth-order valence-electron chi connectivity index (χ4n) is 2.60. The van der Waals surface area contributed by atoms with Crippen molar-refractivity contribution in [3.63, 3.8) is 0 Å². The fourth-order valence-corrected chi connectivity index (χ4v) is 3.47. The van der Waals surface area contributed by atoms with E-state index in [-0.39, 0.29) is 21.9 Å². The van der Waals surface area contributed by atoms with Crippen LogP contribution in [0.1, 0.15) is 6.92 Å². The summed E-state index contributed by atoms with van der Waals surface area (Å²) in [5.41, 5.74) is -0.312. The Morgan fingerprint density at radius 2 is 1.79 bits per heavy atom. The molecule has 0 radical (unpaired) electrons. The van der Waals surface area contributed by atoms with E-state index in [4.69, 9.17) is 4.74 Å². The average molecular weight is 402 g/mol. The summed E-state index contributed by atoms with van der Waals surface area (Å²) in [4.78, 5) is 45.2. The van der Waals surface area contributed by atoms with Gasteiger partial charge in [0.25, 0.3) is 5.56 Å². The van der Waals surface area contributed by atoms with Gasteiger partial charge < -0.3 is 9.84 Å². The standard InChI is InChI=1S/C18H18N4O5S/c1-9(17(24)25)28-15-12-14(21(2)18(26)22(3)16(12)23)19-13(20-15)10-5-7-11(27-4)8-6-10/h5-9H,1-4H3,(H,24,25)/t9-/m1/s1. The average Bonchev–Trinajstić information content (AvgIpc) is 2.70. The largest absolute Gasteiger partial charge is 0.497 e. The van der Waals surface area contributed by atoms with Crippen molar-refractivity contribution in [2.45, 2.75) is 17.2 Å². The number of hydrogen-bond donors (Lipinski definition) is 1. The number of aryl methyl sites for hydroxylation is 1. The Labute approximate surface area is 163 Å². The number of carboxylic acid groups (broad SMARTS) is 1. The summed E-state index contributed by atoms with van der Waals surface area (Å²) in [5, 5.41) is 8.74. The van der Waals surface area contributed by atoms with E-state index in [2.05, 4.69) is 9.97 Å². The summed E-state index contributed by atoms with van der Waals surface area (Å²) in [6.45, 7) is 1.50. The summed E-state index contributed by atoms with van der Waals surface area (Å²) in [7, 11) is 4.41. The lowest BCUT2D eigenvalue weighted by Crippen LogP contribution is -2.37. The molecule has 10 heteroatoms. The van der Waals surface area contributed by atoms with Gasteiger partial charge in [0.05, 0.1) is 7.11 Å². The monoisotopic (exact) mass is 402 g/mol. The minimum atomic E-state index is -1.04. The summed E-state index contributed by atoms with van der Waals surface area (Å²) in [5.74, 6) is -0.109. The maximum Gasteiger partial charge on any atom is 0.332 e. The molecule has 3 rings (SSSR count). The van der Waals surface area contributed by atoms with Gasteiger partial charge in [-0.05, 0) is 31.2 Å². The van der Waals surface area contributed by atoms with E-state index in [1.54, 1.807) is 31.4 Å². The molecule has 2 heterocycles. The summed E-state index contributed by atoms with van der Waals surface area (Å²) in [6, 6.07) is 6.96. The minimum absolute atomic E-state index is 0.111. The van der Waals surface area contributed by atoms with Crippen LogP contribution >= 0.6 is 11.8 Å². The number of ether oxygens (including phenoxy) is 1. The van der Waals surface area contributed by atoms with E-state index in [0.717, 1.165) is 16.3 Å². The first-order valence-corrected chi connectivity index (χ1v) is 9.14. The van der Waals surface area contributed by atoms with Gasteiger partial charge in [0.15, 0.2) is 11.5 Å². The molecule has 1 aromatic carbocycles. The number of rotatable bonds is 5. The number of aliphatic carboxylic acids is 1. The Kier molecular flexibility index (Phi) is 5.23. The molecule has 0 aliphatic rings. The Morgan fingerprint density at radius 1 is 1.14 bits per heavy atom. The predicted molar refractivity (Wildman–Crippen MR) is 105 cm³/mol. The number of thioether (sulfide) groups is 1. The molecule has 2 aromatic heterocycles. The van der Waals surface area contributed by atoms with Crippen molar-refractivity contribution < 1.29 is 14.6 Å². The van der Waals surface area contributed by atoms with Gasteiger partial charge in [-0.3, -0.25) is 18.7 Å². The van der Waals surface area contributed by atoms with Crippen molar-refractivity contribution in [1.29, 1.82) is 0 Å². The molecular weight excluding hydrogens is 384 g/mol. The lowest BCUT2D eigenvalue weighted by atomic mass is 10.2. The highest BCUT2D eigenvalue weighted by molar-refractivity contribution is 8.00. The van der Waals surface area contributed by atoms with Crippen LogP contribution in [-0.2, 0) is 18.9 Å². The first kappa shape index (κ1) is 19.6. The molecule has 0 fully saturated rings. The van der Waals surface area contributed by atoms with E-state index < -0.39 is 22.5 Å². The molecule has 146 valence electrons. The molecule has 9 nitrogen and oxygen atoms in total. The number of aromatic nitrogens is 4. The molecule has 0 unspecified atom stereocenters. The van der Waals surface area contributed by atoms with Crippen LogP contribution in [0.5, 0.6) is 5.75 Å². The van der Waals surface area contributed by atoms with Crippen LogP contribution in [0.4, 0.5) is 0 Å². The maximum atomic E-state index is 12.7. The van der Waals surface area contributed by atoms with E-state index in [9.17, 15) is 19.5 Å². The first-order valence-electron chi connectivity index (χ1n) is 8.26. The molecule has 0 spiro atoms. The van der Waals surface area contributed by atoms with Crippen LogP contribution in [0.15, 0.2) is 38.9 Å². The molecule has 28 heavy (non-hydrogen) atoms. The SMILES string of the molecule is COc1ccc(-c2nc(S[C@H](C)C(=O)O)c3c(=O)n(C)c(=O)n(C)c3n2)cc1.